The van der Waals surface area contributed by atoms with Crippen molar-refractivity contribution < 1.29 is 17.9 Å². The standard InChI is InChI=1S/C15H23NO4S/c1-10(2)13-8-14(20-9-12-5-4-6-19-12)11(3)7-15(13)21(16,17)18/h7-8,10,12H,4-6,9H2,1-3H3,(H2,16,17,18). The van der Waals surface area contributed by atoms with E-state index >= 15 is 0 Å². The Labute approximate surface area is 126 Å². The Morgan fingerprint density at radius 3 is 2.67 bits per heavy atom. The molecule has 0 amide bonds. The predicted molar refractivity (Wildman–Crippen MR) is 81.1 cm³/mol. The third-order valence-electron chi connectivity index (χ3n) is 3.68. The zero-order valence-electron chi connectivity index (χ0n) is 12.8. The molecule has 0 aliphatic carbocycles. The van der Waals surface area contributed by atoms with Crippen molar-refractivity contribution in [3.05, 3.63) is 23.3 Å². The lowest BCUT2D eigenvalue weighted by atomic mass is 10.0. The van der Waals surface area contributed by atoms with Gasteiger partial charge in [-0.1, -0.05) is 13.8 Å². The fourth-order valence-electron chi connectivity index (χ4n) is 2.49. The van der Waals surface area contributed by atoms with Gasteiger partial charge in [-0.25, -0.2) is 13.6 Å². The first-order valence-corrected chi connectivity index (χ1v) is 8.75. The number of primary sulfonamides is 1. The summed E-state index contributed by atoms with van der Waals surface area (Å²) in [7, 11) is -3.73. The van der Waals surface area contributed by atoms with E-state index in [9.17, 15) is 8.42 Å². The minimum Gasteiger partial charge on any atom is -0.491 e. The average molecular weight is 313 g/mol. The molecule has 6 heteroatoms. The summed E-state index contributed by atoms with van der Waals surface area (Å²) in [6.07, 6.45) is 2.20. The van der Waals surface area contributed by atoms with Crippen molar-refractivity contribution >= 4 is 10.0 Å². The van der Waals surface area contributed by atoms with Crippen LogP contribution in [0, 0.1) is 6.92 Å². The fourth-order valence-corrected chi connectivity index (χ4v) is 3.45. The first-order valence-electron chi connectivity index (χ1n) is 7.20. The number of hydrogen-bond donors (Lipinski definition) is 1. The Kier molecular flexibility index (Phi) is 4.91. The lowest BCUT2D eigenvalue weighted by Crippen LogP contribution is -2.18. The highest BCUT2D eigenvalue weighted by atomic mass is 32.2. The summed E-state index contributed by atoms with van der Waals surface area (Å²) in [5, 5.41) is 5.30. The van der Waals surface area contributed by atoms with E-state index in [1.807, 2.05) is 20.8 Å². The van der Waals surface area contributed by atoms with Crippen molar-refractivity contribution in [1.29, 1.82) is 0 Å². The Balaban J connectivity index is 2.28. The van der Waals surface area contributed by atoms with Gasteiger partial charge in [0.25, 0.3) is 0 Å². The predicted octanol–water partition coefficient (Wildman–Crippen LogP) is 2.32. The normalized spacial score (nSPS) is 19.2. The van der Waals surface area contributed by atoms with E-state index in [1.165, 1.54) is 0 Å². The van der Waals surface area contributed by atoms with E-state index < -0.39 is 10.0 Å². The molecule has 0 spiro atoms. The van der Waals surface area contributed by atoms with Gasteiger partial charge in [0.05, 0.1) is 11.0 Å². The van der Waals surface area contributed by atoms with Crippen LogP contribution in [0.15, 0.2) is 17.0 Å². The largest absolute Gasteiger partial charge is 0.491 e. The maximum Gasteiger partial charge on any atom is 0.238 e. The van der Waals surface area contributed by atoms with Crippen LogP contribution in [0.2, 0.25) is 0 Å². The molecule has 1 aromatic rings. The molecule has 2 rings (SSSR count). The zero-order chi connectivity index (χ0) is 15.6. The summed E-state index contributed by atoms with van der Waals surface area (Å²) >= 11 is 0. The van der Waals surface area contributed by atoms with Crippen LogP contribution < -0.4 is 9.88 Å². The van der Waals surface area contributed by atoms with Crippen molar-refractivity contribution in [2.45, 2.75) is 50.5 Å². The smallest absolute Gasteiger partial charge is 0.238 e. The van der Waals surface area contributed by atoms with Gasteiger partial charge in [0, 0.05) is 6.61 Å². The van der Waals surface area contributed by atoms with Crippen LogP contribution in [0.5, 0.6) is 5.75 Å². The molecule has 1 unspecified atom stereocenters. The molecular formula is C15H23NO4S. The lowest BCUT2D eigenvalue weighted by Gasteiger charge is -2.18. The van der Waals surface area contributed by atoms with Crippen LogP contribution in [-0.2, 0) is 14.8 Å². The molecule has 2 N–H and O–H groups in total. The third kappa shape index (κ3) is 3.96. The summed E-state index contributed by atoms with van der Waals surface area (Å²) in [5.74, 6) is 0.741. The van der Waals surface area contributed by atoms with Gasteiger partial charge in [-0.15, -0.1) is 0 Å². The van der Waals surface area contributed by atoms with Gasteiger partial charge in [0.1, 0.15) is 12.4 Å². The Morgan fingerprint density at radius 1 is 1.43 bits per heavy atom. The molecule has 118 valence electrons. The van der Waals surface area contributed by atoms with Crippen molar-refractivity contribution in [1.82, 2.24) is 0 Å². The average Bonchev–Trinajstić information content (AvgIpc) is 2.88. The van der Waals surface area contributed by atoms with E-state index in [2.05, 4.69) is 0 Å². The van der Waals surface area contributed by atoms with Crippen molar-refractivity contribution in [2.24, 2.45) is 5.14 Å². The highest BCUT2D eigenvalue weighted by molar-refractivity contribution is 7.89. The summed E-state index contributed by atoms with van der Waals surface area (Å²) < 4.78 is 34.8. The van der Waals surface area contributed by atoms with Crippen molar-refractivity contribution in [2.75, 3.05) is 13.2 Å². The third-order valence-corrected chi connectivity index (χ3v) is 4.65. The summed E-state index contributed by atoms with van der Waals surface area (Å²) in [4.78, 5) is 0.180. The van der Waals surface area contributed by atoms with Crippen LogP contribution in [0.4, 0.5) is 0 Å². The second-order valence-corrected chi connectivity index (χ2v) is 7.33. The molecular weight excluding hydrogens is 290 g/mol. The molecule has 1 saturated heterocycles. The summed E-state index contributed by atoms with van der Waals surface area (Å²) in [6, 6.07) is 3.38. The minimum atomic E-state index is -3.73. The molecule has 1 aliphatic heterocycles. The van der Waals surface area contributed by atoms with Gasteiger partial charge >= 0.3 is 0 Å². The number of nitrogens with two attached hydrogens (primary N) is 1. The number of hydrogen-bond acceptors (Lipinski definition) is 4. The van der Waals surface area contributed by atoms with E-state index in [0.29, 0.717) is 17.9 Å². The molecule has 0 saturated carbocycles. The Bertz CT molecular complexity index is 604. The first kappa shape index (κ1) is 16.3. The van der Waals surface area contributed by atoms with Gasteiger partial charge in [-0.3, -0.25) is 0 Å². The summed E-state index contributed by atoms with van der Waals surface area (Å²) in [6.45, 7) is 6.97. The maximum absolute atomic E-state index is 11.7. The van der Waals surface area contributed by atoms with Gasteiger partial charge in [-0.05, 0) is 48.9 Å². The van der Waals surface area contributed by atoms with Crippen LogP contribution in [-0.4, -0.2) is 27.7 Å². The maximum atomic E-state index is 11.7. The lowest BCUT2D eigenvalue weighted by molar-refractivity contribution is 0.0676. The monoisotopic (exact) mass is 313 g/mol. The second kappa shape index (κ2) is 6.34. The molecule has 1 aromatic carbocycles. The van der Waals surface area contributed by atoms with Crippen LogP contribution in [0.1, 0.15) is 43.7 Å². The van der Waals surface area contributed by atoms with Crippen LogP contribution >= 0.6 is 0 Å². The van der Waals surface area contributed by atoms with Crippen molar-refractivity contribution in [3.8, 4) is 5.75 Å². The minimum absolute atomic E-state index is 0.0454. The van der Waals surface area contributed by atoms with Gasteiger partial charge in [0.2, 0.25) is 10.0 Å². The van der Waals surface area contributed by atoms with Crippen LogP contribution in [0.3, 0.4) is 0 Å². The molecule has 0 radical (unpaired) electrons. The summed E-state index contributed by atoms with van der Waals surface area (Å²) in [5.41, 5.74) is 1.45. The van der Waals surface area contributed by atoms with E-state index in [1.54, 1.807) is 12.1 Å². The van der Waals surface area contributed by atoms with E-state index in [-0.39, 0.29) is 16.9 Å². The highest BCUT2D eigenvalue weighted by Gasteiger charge is 2.21. The first-order chi connectivity index (χ1) is 9.79. The highest BCUT2D eigenvalue weighted by Crippen LogP contribution is 2.31. The molecule has 5 nitrogen and oxygen atoms in total. The molecule has 0 aromatic heterocycles. The Morgan fingerprint density at radius 2 is 2.14 bits per heavy atom. The quantitative estimate of drug-likeness (QED) is 0.905. The van der Waals surface area contributed by atoms with Crippen LogP contribution in [0.25, 0.3) is 0 Å². The number of sulfonamides is 1. The van der Waals surface area contributed by atoms with Gasteiger partial charge in [0.15, 0.2) is 0 Å². The number of aryl methyl sites for hydroxylation is 1. The number of ether oxygens (including phenoxy) is 2. The molecule has 1 fully saturated rings. The molecule has 1 aliphatic rings. The van der Waals surface area contributed by atoms with Gasteiger partial charge in [-0.2, -0.15) is 0 Å². The SMILES string of the molecule is Cc1cc(S(N)(=O)=O)c(C(C)C)cc1OCC1CCCO1. The number of rotatable bonds is 5. The van der Waals surface area contributed by atoms with Crippen molar-refractivity contribution in [3.63, 3.8) is 0 Å². The van der Waals surface area contributed by atoms with E-state index in [0.717, 1.165) is 25.0 Å². The molecule has 21 heavy (non-hydrogen) atoms. The fraction of sp³-hybridized carbons (Fsp3) is 0.600. The number of benzene rings is 1. The molecule has 1 heterocycles. The second-order valence-electron chi connectivity index (χ2n) is 5.80. The topological polar surface area (TPSA) is 78.6 Å². The van der Waals surface area contributed by atoms with Gasteiger partial charge < -0.3 is 9.47 Å². The zero-order valence-corrected chi connectivity index (χ0v) is 13.6. The van der Waals surface area contributed by atoms with E-state index in [4.69, 9.17) is 14.6 Å². The molecule has 1 atom stereocenters. The Hall–Kier alpha value is -1.11. The molecule has 0 bridgehead atoms.